The number of fused-ring (bicyclic) bond motifs is 1. The highest BCUT2D eigenvalue weighted by Gasteiger charge is 2.12. The highest BCUT2D eigenvalue weighted by Crippen LogP contribution is 2.28. The lowest BCUT2D eigenvalue weighted by atomic mass is 9.95. The van der Waals surface area contributed by atoms with Crippen LogP contribution < -0.4 is 0 Å². The number of hydrogen-bond donors (Lipinski definition) is 1. The quantitative estimate of drug-likeness (QED) is 0.834. The predicted octanol–water partition coefficient (Wildman–Crippen LogP) is 3.56. The lowest BCUT2D eigenvalue weighted by molar-refractivity contribution is -0.117. The van der Waals surface area contributed by atoms with Gasteiger partial charge in [0, 0.05) is 23.5 Å². The lowest BCUT2D eigenvalue weighted by Gasteiger charge is -2.08. The van der Waals surface area contributed by atoms with Crippen molar-refractivity contribution in [2.24, 2.45) is 0 Å². The molecule has 2 rings (SSSR count). The van der Waals surface area contributed by atoms with Crippen LogP contribution in [0.3, 0.4) is 0 Å². The van der Waals surface area contributed by atoms with Crippen molar-refractivity contribution in [1.29, 1.82) is 0 Å². The summed E-state index contributed by atoms with van der Waals surface area (Å²) in [5.41, 5.74) is 3.65. The molecule has 0 bridgehead atoms. The summed E-state index contributed by atoms with van der Waals surface area (Å²) >= 11 is 0. The molecular weight excluding hydrogens is 198 g/mol. The van der Waals surface area contributed by atoms with Crippen molar-refractivity contribution in [1.82, 2.24) is 4.98 Å². The first-order chi connectivity index (χ1) is 7.58. The zero-order valence-electron chi connectivity index (χ0n) is 10.0. The minimum atomic E-state index is 0.245. The summed E-state index contributed by atoms with van der Waals surface area (Å²) < 4.78 is 0. The highest BCUT2D eigenvalue weighted by molar-refractivity contribution is 5.85. The van der Waals surface area contributed by atoms with E-state index in [1.165, 1.54) is 16.5 Å². The molecule has 1 unspecified atom stereocenters. The third-order valence-electron chi connectivity index (χ3n) is 2.99. The van der Waals surface area contributed by atoms with E-state index in [1.54, 1.807) is 6.92 Å². The van der Waals surface area contributed by atoms with E-state index < -0.39 is 0 Å². The summed E-state index contributed by atoms with van der Waals surface area (Å²) in [4.78, 5) is 14.4. The van der Waals surface area contributed by atoms with Crippen LogP contribution in [0.25, 0.3) is 10.9 Å². The van der Waals surface area contributed by atoms with Crippen molar-refractivity contribution in [3.8, 4) is 0 Å². The Morgan fingerprint density at radius 3 is 2.88 bits per heavy atom. The molecule has 16 heavy (non-hydrogen) atoms. The molecule has 0 amide bonds. The van der Waals surface area contributed by atoms with Gasteiger partial charge in [0.05, 0.1) is 0 Å². The molecule has 0 aliphatic heterocycles. The van der Waals surface area contributed by atoms with Crippen LogP contribution in [0.15, 0.2) is 24.4 Å². The number of benzene rings is 1. The molecule has 1 aromatic heterocycles. The van der Waals surface area contributed by atoms with E-state index in [2.05, 4.69) is 37.0 Å². The monoisotopic (exact) mass is 215 g/mol. The normalized spacial score (nSPS) is 12.9. The van der Waals surface area contributed by atoms with Crippen molar-refractivity contribution >= 4 is 16.7 Å². The number of aromatic nitrogens is 1. The highest BCUT2D eigenvalue weighted by atomic mass is 16.1. The zero-order valence-corrected chi connectivity index (χ0v) is 10.0. The van der Waals surface area contributed by atoms with Gasteiger partial charge in [0.2, 0.25) is 0 Å². The number of aromatic amines is 1. The fourth-order valence-electron chi connectivity index (χ4n) is 2.20. The van der Waals surface area contributed by atoms with Crippen molar-refractivity contribution in [2.75, 3.05) is 0 Å². The maximum Gasteiger partial charge on any atom is 0.130 e. The molecule has 0 aliphatic rings. The van der Waals surface area contributed by atoms with Gasteiger partial charge >= 0.3 is 0 Å². The van der Waals surface area contributed by atoms with Crippen molar-refractivity contribution in [3.63, 3.8) is 0 Å². The van der Waals surface area contributed by atoms with Crippen molar-refractivity contribution < 1.29 is 4.79 Å². The number of hydrogen-bond acceptors (Lipinski definition) is 1. The van der Waals surface area contributed by atoms with Gasteiger partial charge in [-0.25, -0.2) is 0 Å². The molecule has 1 atom stereocenters. The predicted molar refractivity (Wildman–Crippen MR) is 66.7 cm³/mol. The van der Waals surface area contributed by atoms with Crippen LogP contribution in [-0.4, -0.2) is 10.8 Å². The first-order valence-electron chi connectivity index (χ1n) is 5.65. The van der Waals surface area contributed by atoms with Crippen LogP contribution in [0.4, 0.5) is 0 Å². The lowest BCUT2D eigenvalue weighted by Crippen LogP contribution is -1.99. The van der Waals surface area contributed by atoms with E-state index in [9.17, 15) is 4.79 Å². The Morgan fingerprint density at radius 1 is 1.44 bits per heavy atom. The van der Waals surface area contributed by atoms with Gasteiger partial charge in [0.1, 0.15) is 5.78 Å². The van der Waals surface area contributed by atoms with E-state index in [0.29, 0.717) is 6.42 Å². The Hall–Kier alpha value is -1.57. The van der Waals surface area contributed by atoms with E-state index >= 15 is 0 Å². The molecule has 2 aromatic rings. The van der Waals surface area contributed by atoms with Gasteiger partial charge in [-0.3, -0.25) is 0 Å². The van der Waals surface area contributed by atoms with Gasteiger partial charge in [0.15, 0.2) is 0 Å². The van der Waals surface area contributed by atoms with E-state index in [1.807, 2.05) is 6.20 Å². The summed E-state index contributed by atoms with van der Waals surface area (Å²) in [6.07, 6.45) is 2.64. The van der Waals surface area contributed by atoms with Crippen molar-refractivity contribution in [3.05, 3.63) is 35.5 Å². The van der Waals surface area contributed by atoms with Crippen LogP contribution in [-0.2, 0) is 4.79 Å². The summed E-state index contributed by atoms with van der Waals surface area (Å²) in [6.45, 7) is 5.84. The van der Waals surface area contributed by atoms with Gasteiger partial charge in [0.25, 0.3) is 0 Å². The van der Waals surface area contributed by atoms with Crippen LogP contribution in [0.2, 0.25) is 0 Å². The number of nitrogens with one attached hydrogen (secondary N) is 1. The number of H-pyrrole nitrogens is 1. The molecule has 2 heteroatoms. The first kappa shape index (κ1) is 10.9. The summed E-state index contributed by atoms with van der Waals surface area (Å²) in [5, 5.41) is 1.24. The number of rotatable bonds is 3. The minimum Gasteiger partial charge on any atom is -0.361 e. The molecule has 0 aliphatic carbocycles. The summed E-state index contributed by atoms with van der Waals surface area (Å²) in [7, 11) is 0. The Morgan fingerprint density at radius 2 is 2.19 bits per heavy atom. The van der Waals surface area contributed by atoms with Gasteiger partial charge in [-0.15, -0.1) is 0 Å². The fraction of sp³-hybridized carbons (Fsp3) is 0.357. The standard InChI is InChI=1S/C14H17NO/c1-9-4-5-14-12(6-9)13(8-15-14)10(2)7-11(3)16/h4-6,8,10,15H,7H2,1-3H3. The van der Waals surface area contributed by atoms with Crippen LogP contribution in [0.5, 0.6) is 0 Å². The molecule has 0 fully saturated rings. The molecule has 0 spiro atoms. The molecule has 84 valence electrons. The Balaban J connectivity index is 2.44. The van der Waals surface area contributed by atoms with Gasteiger partial charge < -0.3 is 9.78 Å². The Bertz CT molecular complexity index is 525. The molecule has 2 nitrogen and oxygen atoms in total. The molecule has 1 heterocycles. The summed E-state index contributed by atoms with van der Waals surface area (Å²) in [5.74, 6) is 0.530. The smallest absolute Gasteiger partial charge is 0.130 e. The van der Waals surface area contributed by atoms with E-state index in [0.717, 1.165) is 5.52 Å². The SMILES string of the molecule is CC(=O)CC(C)c1c[nH]c2ccc(C)cc12. The Labute approximate surface area is 95.7 Å². The average molecular weight is 215 g/mol. The van der Waals surface area contributed by atoms with Crippen molar-refractivity contribution in [2.45, 2.75) is 33.1 Å². The molecular formula is C14H17NO. The number of Topliss-reactive ketones (excluding diaryl/α,β-unsaturated/α-hetero) is 1. The second kappa shape index (κ2) is 4.12. The molecule has 0 saturated heterocycles. The second-order valence-electron chi connectivity index (χ2n) is 4.60. The third kappa shape index (κ3) is 2.01. The van der Waals surface area contributed by atoms with Crippen LogP contribution >= 0.6 is 0 Å². The maximum absolute atomic E-state index is 11.1. The molecule has 1 N–H and O–H groups in total. The molecule has 0 radical (unpaired) electrons. The number of aryl methyl sites for hydroxylation is 1. The second-order valence-corrected chi connectivity index (χ2v) is 4.60. The minimum absolute atomic E-state index is 0.245. The molecule has 1 aromatic carbocycles. The van der Waals surface area contributed by atoms with Gasteiger partial charge in [-0.2, -0.15) is 0 Å². The largest absolute Gasteiger partial charge is 0.361 e. The van der Waals surface area contributed by atoms with Gasteiger partial charge in [-0.05, 0) is 37.5 Å². The summed E-state index contributed by atoms with van der Waals surface area (Å²) in [6, 6.07) is 6.37. The first-order valence-corrected chi connectivity index (χ1v) is 5.65. The number of carbonyl (C=O) groups is 1. The van der Waals surface area contributed by atoms with Gasteiger partial charge in [-0.1, -0.05) is 18.6 Å². The third-order valence-corrected chi connectivity index (χ3v) is 2.99. The van der Waals surface area contributed by atoms with Crippen LogP contribution in [0.1, 0.15) is 37.3 Å². The number of carbonyl (C=O) groups excluding carboxylic acids is 1. The fourth-order valence-corrected chi connectivity index (χ4v) is 2.20. The number of ketones is 1. The molecule has 0 saturated carbocycles. The Kier molecular flexibility index (Phi) is 2.82. The zero-order chi connectivity index (χ0) is 11.7. The van der Waals surface area contributed by atoms with E-state index in [4.69, 9.17) is 0 Å². The topological polar surface area (TPSA) is 32.9 Å². The van der Waals surface area contributed by atoms with Crippen LogP contribution in [0, 0.1) is 6.92 Å². The average Bonchev–Trinajstić information content (AvgIpc) is 2.59. The maximum atomic E-state index is 11.1. The van der Waals surface area contributed by atoms with E-state index in [-0.39, 0.29) is 11.7 Å².